The highest BCUT2D eigenvalue weighted by Crippen LogP contribution is 2.37. The van der Waals surface area contributed by atoms with E-state index in [2.05, 4.69) is 33.9 Å². The summed E-state index contributed by atoms with van der Waals surface area (Å²) in [6.45, 7) is 3.21. The predicted molar refractivity (Wildman–Crippen MR) is 82.0 cm³/mol. The molecule has 3 nitrogen and oxygen atoms in total. The number of nitrogens with one attached hydrogen (secondary N) is 1. The Kier molecular flexibility index (Phi) is 4.08. The predicted octanol–water partition coefficient (Wildman–Crippen LogP) is 3.46. The van der Waals surface area contributed by atoms with E-state index in [9.17, 15) is 0 Å². The van der Waals surface area contributed by atoms with E-state index in [-0.39, 0.29) is 0 Å². The maximum absolute atomic E-state index is 5.92. The van der Waals surface area contributed by atoms with E-state index in [0.29, 0.717) is 18.0 Å². The fraction of sp³-hybridized carbons (Fsp3) is 0.438. The maximum atomic E-state index is 5.92. The smallest absolute Gasteiger partial charge is 0.0946 e. The largest absolute Gasteiger partial charge is 0.336 e. The minimum absolute atomic E-state index is 0.473. The number of benzene rings is 1. The molecule has 3 rings (SSSR count). The lowest BCUT2D eigenvalue weighted by Gasteiger charge is -2.38. The molecule has 1 aliphatic rings. The number of hydrogen-bond donors (Lipinski definition) is 1. The third-order valence-electron chi connectivity index (χ3n) is 4.04. The van der Waals surface area contributed by atoms with Crippen molar-refractivity contribution in [2.45, 2.75) is 44.3 Å². The number of aromatic nitrogens is 2. The molecule has 2 aromatic rings. The van der Waals surface area contributed by atoms with Crippen molar-refractivity contribution in [1.29, 1.82) is 0 Å². The van der Waals surface area contributed by atoms with E-state index in [1.165, 1.54) is 18.4 Å². The van der Waals surface area contributed by atoms with Crippen LogP contribution in [0.3, 0.4) is 0 Å². The van der Waals surface area contributed by atoms with E-state index in [1.807, 2.05) is 30.9 Å². The van der Waals surface area contributed by atoms with Crippen LogP contribution in [-0.4, -0.2) is 21.6 Å². The molecule has 1 heterocycles. The van der Waals surface area contributed by atoms with Gasteiger partial charge in [0.2, 0.25) is 0 Å². The summed E-state index contributed by atoms with van der Waals surface area (Å²) in [6, 6.07) is 9.38. The molecule has 1 saturated carbocycles. The summed E-state index contributed by atoms with van der Waals surface area (Å²) in [5.74, 6) is 0.685. The zero-order valence-corrected chi connectivity index (χ0v) is 12.4. The Morgan fingerprint density at radius 3 is 2.75 bits per heavy atom. The molecule has 0 amide bonds. The molecule has 0 saturated heterocycles. The standard InChI is InChI=1S/C16H20ClN3/c1-12(10-20-7-6-18-11-20)19-16-8-14(9-16)13-2-4-15(17)5-3-13/h2-7,11-12,14,16,19H,8-10H2,1H3. The van der Waals surface area contributed by atoms with Crippen LogP contribution in [0.1, 0.15) is 31.2 Å². The molecule has 1 aliphatic carbocycles. The van der Waals surface area contributed by atoms with E-state index in [1.54, 1.807) is 0 Å². The van der Waals surface area contributed by atoms with Crippen molar-refractivity contribution in [2.24, 2.45) is 0 Å². The molecule has 1 atom stereocenters. The van der Waals surface area contributed by atoms with Crippen molar-refractivity contribution in [3.63, 3.8) is 0 Å². The van der Waals surface area contributed by atoms with Gasteiger partial charge in [-0.2, -0.15) is 0 Å². The van der Waals surface area contributed by atoms with Gasteiger partial charge in [0.05, 0.1) is 6.33 Å². The van der Waals surface area contributed by atoms with Gasteiger partial charge >= 0.3 is 0 Å². The quantitative estimate of drug-likeness (QED) is 0.913. The zero-order valence-electron chi connectivity index (χ0n) is 11.7. The van der Waals surface area contributed by atoms with E-state index in [4.69, 9.17) is 11.6 Å². The van der Waals surface area contributed by atoms with Crippen LogP contribution in [-0.2, 0) is 6.54 Å². The summed E-state index contributed by atoms with van der Waals surface area (Å²) in [5.41, 5.74) is 1.41. The fourth-order valence-corrected chi connectivity index (χ4v) is 3.05. The number of halogens is 1. The highest BCUT2D eigenvalue weighted by molar-refractivity contribution is 6.30. The molecule has 1 unspecified atom stereocenters. The van der Waals surface area contributed by atoms with Crippen LogP contribution in [0.25, 0.3) is 0 Å². The van der Waals surface area contributed by atoms with Gasteiger partial charge in [-0.05, 0) is 43.4 Å². The highest BCUT2D eigenvalue weighted by Gasteiger charge is 2.30. The third-order valence-corrected chi connectivity index (χ3v) is 4.30. The Morgan fingerprint density at radius 2 is 2.10 bits per heavy atom. The lowest BCUT2D eigenvalue weighted by molar-refractivity contribution is 0.260. The Hall–Kier alpha value is -1.32. The van der Waals surface area contributed by atoms with E-state index >= 15 is 0 Å². The second kappa shape index (κ2) is 5.98. The first-order valence-corrected chi connectivity index (χ1v) is 7.56. The maximum Gasteiger partial charge on any atom is 0.0946 e. The number of hydrogen-bond acceptors (Lipinski definition) is 2. The van der Waals surface area contributed by atoms with Crippen LogP contribution in [0.15, 0.2) is 43.0 Å². The molecule has 0 aliphatic heterocycles. The zero-order chi connectivity index (χ0) is 13.9. The Morgan fingerprint density at radius 1 is 1.35 bits per heavy atom. The SMILES string of the molecule is CC(Cn1ccnc1)NC1CC(c2ccc(Cl)cc2)C1. The van der Waals surface area contributed by atoms with Crippen molar-refractivity contribution in [3.8, 4) is 0 Å². The molecule has 0 radical (unpaired) electrons. The molecular formula is C16H20ClN3. The topological polar surface area (TPSA) is 29.9 Å². The number of nitrogens with zero attached hydrogens (tertiary/aromatic N) is 2. The van der Waals surface area contributed by atoms with Crippen LogP contribution in [0, 0.1) is 0 Å². The molecule has 1 aromatic carbocycles. The number of rotatable bonds is 5. The van der Waals surface area contributed by atoms with Crippen molar-refractivity contribution in [3.05, 3.63) is 53.6 Å². The van der Waals surface area contributed by atoms with Gasteiger partial charge in [0.15, 0.2) is 0 Å². The van der Waals surface area contributed by atoms with Crippen LogP contribution >= 0.6 is 11.6 Å². The summed E-state index contributed by atoms with van der Waals surface area (Å²) in [5, 5.41) is 4.51. The molecule has 0 bridgehead atoms. The minimum atomic E-state index is 0.473. The van der Waals surface area contributed by atoms with E-state index < -0.39 is 0 Å². The Bertz CT molecular complexity index is 529. The first kappa shape index (κ1) is 13.7. The molecule has 4 heteroatoms. The van der Waals surface area contributed by atoms with Gasteiger partial charge in [-0.1, -0.05) is 23.7 Å². The summed E-state index contributed by atoms with van der Waals surface area (Å²) in [6.07, 6.45) is 8.14. The van der Waals surface area contributed by atoms with E-state index in [0.717, 1.165) is 11.6 Å². The second-order valence-corrected chi connectivity index (χ2v) is 6.18. The molecular weight excluding hydrogens is 270 g/mol. The van der Waals surface area contributed by atoms with Gasteiger partial charge < -0.3 is 9.88 Å². The first-order chi connectivity index (χ1) is 9.70. The Labute approximate surface area is 125 Å². The van der Waals surface area contributed by atoms with Gasteiger partial charge in [-0.15, -0.1) is 0 Å². The fourth-order valence-electron chi connectivity index (χ4n) is 2.93. The molecule has 1 aromatic heterocycles. The van der Waals surface area contributed by atoms with Crippen LogP contribution < -0.4 is 5.32 Å². The summed E-state index contributed by atoms with van der Waals surface area (Å²) in [7, 11) is 0. The summed E-state index contributed by atoms with van der Waals surface area (Å²) >= 11 is 5.92. The molecule has 1 fully saturated rings. The average molecular weight is 290 g/mol. The van der Waals surface area contributed by atoms with Gasteiger partial charge in [-0.3, -0.25) is 0 Å². The van der Waals surface area contributed by atoms with Crippen LogP contribution in [0.4, 0.5) is 0 Å². The van der Waals surface area contributed by atoms with Crippen LogP contribution in [0.2, 0.25) is 5.02 Å². The average Bonchev–Trinajstić information content (AvgIpc) is 2.87. The van der Waals surface area contributed by atoms with Crippen LogP contribution in [0.5, 0.6) is 0 Å². The first-order valence-electron chi connectivity index (χ1n) is 7.18. The van der Waals surface area contributed by atoms with Gasteiger partial charge in [0.25, 0.3) is 0 Å². The van der Waals surface area contributed by atoms with Crippen molar-refractivity contribution in [2.75, 3.05) is 0 Å². The van der Waals surface area contributed by atoms with Gasteiger partial charge in [0.1, 0.15) is 0 Å². The van der Waals surface area contributed by atoms with Gasteiger partial charge in [-0.25, -0.2) is 4.98 Å². The molecule has 20 heavy (non-hydrogen) atoms. The highest BCUT2D eigenvalue weighted by atomic mass is 35.5. The van der Waals surface area contributed by atoms with Crippen molar-refractivity contribution < 1.29 is 0 Å². The second-order valence-electron chi connectivity index (χ2n) is 5.74. The van der Waals surface area contributed by atoms with Gasteiger partial charge in [0, 0.05) is 36.0 Å². The van der Waals surface area contributed by atoms with Crippen molar-refractivity contribution in [1.82, 2.24) is 14.9 Å². The number of imidazole rings is 1. The normalized spacial score (nSPS) is 23.3. The summed E-state index contributed by atoms with van der Waals surface area (Å²) < 4.78 is 2.12. The lowest BCUT2D eigenvalue weighted by Crippen LogP contribution is -2.45. The van der Waals surface area contributed by atoms with Crippen molar-refractivity contribution >= 4 is 11.6 Å². The molecule has 1 N–H and O–H groups in total. The molecule has 0 spiro atoms. The minimum Gasteiger partial charge on any atom is -0.336 e. The third kappa shape index (κ3) is 3.22. The molecule has 106 valence electrons. The lowest BCUT2D eigenvalue weighted by atomic mass is 9.75. The Balaban J connectivity index is 1.45. The summed E-state index contributed by atoms with van der Waals surface area (Å²) in [4.78, 5) is 4.07. The monoisotopic (exact) mass is 289 g/mol.